The summed E-state index contributed by atoms with van der Waals surface area (Å²) in [5.41, 5.74) is 1.03. The summed E-state index contributed by atoms with van der Waals surface area (Å²) in [6.45, 7) is 21.4. The predicted octanol–water partition coefficient (Wildman–Crippen LogP) is 6.82. The van der Waals surface area contributed by atoms with Gasteiger partial charge in [-0.15, -0.1) is 0 Å². The monoisotopic (exact) mass is 436 g/mol. The number of hydrogen-bond donors (Lipinski definition) is 0. The van der Waals surface area contributed by atoms with Gasteiger partial charge in [0.2, 0.25) is 0 Å². The van der Waals surface area contributed by atoms with Gasteiger partial charge < -0.3 is 18.6 Å². The average Bonchev–Trinajstić information content (AvgIpc) is 2.70. The molecule has 4 nitrogen and oxygen atoms in total. The molecule has 1 aliphatic rings. The van der Waals surface area contributed by atoms with Gasteiger partial charge in [0.05, 0.1) is 25.9 Å². The quantitative estimate of drug-likeness (QED) is 0.419. The zero-order chi connectivity index (χ0) is 22.7. The minimum absolute atomic E-state index is 0.0922. The second kappa shape index (κ2) is 10.2. The molecule has 2 rings (SSSR count). The molecular weight excluding hydrogens is 392 g/mol. The van der Waals surface area contributed by atoms with Crippen molar-refractivity contribution in [3.8, 4) is 5.75 Å². The highest BCUT2D eigenvalue weighted by atomic mass is 28.4. The topological polar surface area (TPSA) is 36.9 Å². The molecule has 1 aromatic carbocycles. The van der Waals surface area contributed by atoms with Crippen molar-refractivity contribution in [2.24, 2.45) is 17.8 Å². The van der Waals surface area contributed by atoms with E-state index in [0.717, 1.165) is 17.7 Å². The molecule has 1 aliphatic heterocycles. The maximum Gasteiger partial charge on any atom is 0.192 e. The Bertz CT molecular complexity index is 652. The zero-order valence-corrected chi connectivity index (χ0v) is 21.8. The van der Waals surface area contributed by atoms with Crippen LogP contribution in [0.4, 0.5) is 0 Å². The Morgan fingerprint density at radius 3 is 2.23 bits per heavy atom. The predicted molar refractivity (Wildman–Crippen MR) is 126 cm³/mol. The molecule has 0 saturated carbocycles. The van der Waals surface area contributed by atoms with Crippen LogP contribution < -0.4 is 4.74 Å². The van der Waals surface area contributed by atoms with Gasteiger partial charge in [-0.25, -0.2) is 0 Å². The lowest BCUT2D eigenvalue weighted by Crippen LogP contribution is -2.51. The Labute approximate surface area is 185 Å². The smallest absolute Gasteiger partial charge is 0.192 e. The Hall–Kier alpha value is -0.883. The van der Waals surface area contributed by atoms with Gasteiger partial charge in [0.15, 0.2) is 14.6 Å². The van der Waals surface area contributed by atoms with Crippen LogP contribution in [-0.2, 0) is 13.9 Å². The second-order valence-corrected chi connectivity index (χ2v) is 15.4. The van der Waals surface area contributed by atoms with Gasteiger partial charge in [0, 0.05) is 17.4 Å². The van der Waals surface area contributed by atoms with E-state index in [1.54, 1.807) is 7.11 Å². The van der Waals surface area contributed by atoms with Crippen molar-refractivity contribution >= 4 is 8.32 Å². The number of methoxy groups -OCH3 is 1. The molecule has 1 aromatic rings. The van der Waals surface area contributed by atoms with E-state index in [4.69, 9.17) is 18.6 Å². The van der Waals surface area contributed by atoms with Gasteiger partial charge in [-0.3, -0.25) is 0 Å². The van der Waals surface area contributed by atoms with E-state index in [2.05, 4.69) is 61.6 Å². The Morgan fingerprint density at radius 2 is 1.73 bits per heavy atom. The largest absolute Gasteiger partial charge is 0.497 e. The zero-order valence-electron chi connectivity index (χ0n) is 20.8. The molecule has 1 fully saturated rings. The summed E-state index contributed by atoms with van der Waals surface area (Å²) >= 11 is 0. The highest BCUT2D eigenvalue weighted by molar-refractivity contribution is 6.74. The van der Waals surface area contributed by atoms with Crippen LogP contribution in [0, 0.1) is 17.8 Å². The molecular formula is C25H44O4Si. The number of hydrogen-bond acceptors (Lipinski definition) is 4. The minimum atomic E-state index is -1.89. The van der Waals surface area contributed by atoms with Crippen LogP contribution in [0.2, 0.25) is 18.1 Å². The molecule has 0 spiro atoms. The first-order chi connectivity index (χ1) is 13.9. The second-order valence-electron chi connectivity index (χ2n) is 10.6. The summed E-state index contributed by atoms with van der Waals surface area (Å²) in [4.78, 5) is 0. The van der Waals surface area contributed by atoms with Crippen molar-refractivity contribution in [3.63, 3.8) is 0 Å². The van der Waals surface area contributed by atoms with Crippen LogP contribution in [-0.4, -0.2) is 34.2 Å². The maximum absolute atomic E-state index is 6.99. The van der Waals surface area contributed by atoms with Gasteiger partial charge in [0.25, 0.3) is 0 Å². The van der Waals surface area contributed by atoms with Gasteiger partial charge >= 0.3 is 0 Å². The highest BCUT2D eigenvalue weighted by Crippen LogP contribution is 2.42. The summed E-state index contributed by atoms with van der Waals surface area (Å²) in [5, 5.41) is 0.187. The lowest BCUT2D eigenvalue weighted by atomic mass is 9.83. The summed E-state index contributed by atoms with van der Waals surface area (Å²) in [5.74, 6) is 1.93. The van der Waals surface area contributed by atoms with E-state index >= 15 is 0 Å². The van der Waals surface area contributed by atoms with E-state index in [9.17, 15) is 0 Å². The molecule has 172 valence electrons. The van der Waals surface area contributed by atoms with Crippen molar-refractivity contribution in [3.05, 3.63) is 29.8 Å². The SMILES string of the molecule is CC[C@H](C)[C@@H](O[Si](C)(C)C(C)(C)C)[C@H](C)[C@@H]1O[C@H](c2ccc(OC)cc2)OC[C@H]1C. The molecule has 0 unspecified atom stereocenters. The van der Waals surface area contributed by atoms with E-state index in [1.165, 1.54) is 0 Å². The summed E-state index contributed by atoms with van der Waals surface area (Å²) in [7, 11) is -0.208. The summed E-state index contributed by atoms with van der Waals surface area (Å²) in [6, 6.07) is 7.97. The fourth-order valence-corrected chi connectivity index (χ4v) is 5.39. The fourth-order valence-electron chi connectivity index (χ4n) is 3.91. The van der Waals surface area contributed by atoms with Gasteiger partial charge in [-0.1, -0.05) is 67.0 Å². The van der Waals surface area contributed by atoms with E-state index < -0.39 is 8.32 Å². The van der Waals surface area contributed by atoms with Gasteiger partial charge in [-0.05, 0) is 36.2 Å². The Balaban J connectivity index is 2.22. The maximum atomic E-state index is 6.99. The molecule has 0 radical (unpaired) electrons. The van der Waals surface area contributed by atoms with E-state index in [0.29, 0.717) is 18.4 Å². The molecule has 30 heavy (non-hydrogen) atoms. The molecule has 1 heterocycles. The first kappa shape index (κ1) is 25.4. The molecule has 0 aliphatic carbocycles. The third kappa shape index (κ3) is 5.87. The number of rotatable bonds is 8. The van der Waals surface area contributed by atoms with Crippen LogP contribution in [0.15, 0.2) is 24.3 Å². The van der Waals surface area contributed by atoms with Crippen LogP contribution in [0.3, 0.4) is 0 Å². The van der Waals surface area contributed by atoms with Crippen molar-refractivity contribution in [1.82, 2.24) is 0 Å². The van der Waals surface area contributed by atoms with Crippen molar-refractivity contribution in [2.75, 3.05) is 13.7 Å². The fraction of sp³-hybridized carbons (Fsp3) is 0.760. The minimum Gasteiger partial charge on any atom is -0.497 e. The van der Waals surface area contributed by atoms with Crippen LogP contribution in [0.25, 0.3) is 0 Å². The number of benzene rings is 1. The average molecular weight is 437 g/mol. The Morgan fingerprint density at radius 1 is 1.13 bits per heavy atom. The van der Waals surface area contributed by atoms with Crippen molar-refractivity contribution in [2.45, 2.75) is 91.5 Å². The lowest BCUT2D eigenvalue weighted by molar-refractivity contribution is -0.256. The standard InChI is InChI=1S/C25H44O4Si/c1-11-17(2)23(29-30(9,10)25(5,6)7)19(4)22-18(3)16-27-24(28-22)20-12-14-21(26-8)15-13-20/h12-15,17-19,22-24H,11,16H2,1-10H3/t17-,18+,19+,22+,23+,24+/m0/s1. The molecule has 0 bridgehead atoms. The molecule has 5 heteroatoms. The van der Waals surface area contributed by atoms with Crippen molar-refractivity contribution < 1.29 is 18.6 Å². The molecule has 6 atom stereocenters. The third-order valence-electron chi connectivity index (χ3n) is 7.22. The highest BCUT2D eigenvalue weighted by Gasteiger charge is 2.44. The van der Waals surface area contributed by atoms with Crippen molar-refractivity contribution in [1.29, 1.82) is 0 Å². The normalized spacial score (nSPS) is 26.1. The van der Waals surface area contributed by atoms with Gasteiger partial charge in [0.1, 0.15) is 5.75 Å². The summed E-state index contributed by atoms with van der Waals surface area (Å²) in [6.07, 6.45) is 1.03. The first-order valence-corrected chi connectivity index (χ1v) is 14.4. The number of ether oxygens (including phenoxy) is 3. The molecule has 0 amide bonds. The van der Waals surface area contributed by atoms with E-state index in [-0.39, 0.29) is 29.5 Å². The van der Waals surface area contributed by atoms with E-state index in [1.807, 2.05) is 24.3 Å². The molecule has 1 saturated heterocycles. The third-order valence-corrected chi connectivity index (χ3v) is 11.7. The molecule has 0 N–H and O–H groups in total. The van der Waals surface area contributed by atoms with Crippen LogP contribution in [0.1, 0.15) is 66.7 Å². The lowest BCUT2D eigenvalue weighted by Gasteiger charge is -2.46. The Kier molecular flexibility index (Phi) is 8.59. The van der Waals surface area contributed by atoms with Crippen LogP contribution >= 0.6 is 0 Å². The summed E-state index contributed by atoms with van der Waals surface area (Å²) < 4.78 is 24.9. The van der Waals surface area contributed by atoms with Crippen LogP contribution in [0.5, 0.6) is 5.75 Å². The molecule has 0 aromatic heterocycles. The first-order valence-electron chi connectivity index (χ1n) is 11.5. The van der Waals surface area contributed by atoms with Gasteiger partial charge in [-0.2, -0.15) is 0 Å².